The number of ether oxygens (including phenoxy) is 1. The van der Waals surface area contributed by atoms with Crippen LogP contribution < -0.4 is 4.74 Å². The molecule has 0 spiro atoms. The minimum absolute atomic E-state index is 0.224. The number of fused-ring (bicyclic) bond motifs is 1. The summed E-state index contributed by atoms with van der Waals surface area (Å²) in [5.74, 6) is 0. The molecule has 1 aromatic carbocycles. The highest BCUT2D eigenvalue weighted by Crippen LogP contribution is 2.28. The van der Waals surface area contributed by atoms with Gasteiger partial charge in [0.25, 0.3) is 0 Å². The predicted molar refractivity (Wildman–Crippen MR) is 102 cm³/mol. The van der Waals surface area contributed by atoms with Crippen LogP contribution in [0, 0.1) is 13.8 Å². The lowest BCUT2D eigenvalue weighted by molar-refractivity contribution is 0.197. The highest BCUT2D eigenvalue weighted by Gasteiger charge is 2.34. The normalized spacial score (nSPS) is 20.4. The average Bonchev–Trinajstić information content (AvgIpc) is 3.09. The number of sulfonamides is 1. The van der Waals surface area contributed by atoms with Crippen molar-refractivity contribution in [2.75, 3.05) is 13.1 Å². The molecule has 0 saturated carbocycles. The van der Waals surface area contributed by atoms with Crippen molar-refractivity contribution in [1.29, 1.82) is 0 Å². The fourth-order valence-electron chi connectivity index (χ4n) is 3.93. The van der Waals surface area contributed by atoms with E-state index in [9.17, 15) is 8.42 Å². The lowest BCUT2D eigenvalue weighted by Crippen LogP contribution is -2.31. The second-order valence-electron chi connectivity index (χ2n) is 7.46. The number of nitrogens with zero attached hydrogens (tertiary/aromatic N) is 3. The zero-order chi connectivity index (χ0) is 19.0. The van der Waals surface area contributed by atoms with Gasteiger partial charge in [0.1, 0.15) is 6.10 Å². The molecule has 2 aromatic rings. The third kappa shape index (κ3) is 3.84. The molecule has 27 heavy (non-hydrogen) atoms. The first-order valence-electron chi connectivity index (χ1n) is 9.53. The summed E-state index contributed by atoms with van der Waals surface area (Å²) in [7, 11) is -3.50. The fourth-order valence-corrected chi connectivity index (χ4v) is 5.46. The van der Waals surface area contributed by atoms with Crippen LogP contribution in [-0.4, -0.2) is 41.9 Å². The monoisotopic (exact) mass is 387 g/mol. The SMILES string of the molecule is Cc1cc(C)nc(O[C@@H]2CCN(S(=O)(=O)c3ccc4c(c3)CCCC4)C2)n1. The summed E-state index contributed by atoms with van der Waals surface area (Å²) in [5.41, 5.74) is 4.15. The van der Waals surface area contributed by atoms with Crippen LogP contribution in [0.25, 0.3) is 0 Å². The van der Waals surface area contributed by atoms with Crippen LogP contribution in [-0.2, 0) is 22.9 Å². The van der Waals surface area contributed by atoms with Gasteiger partial charge in [-0.05, 0) is 75.3 Å². The Balaban J connectivity index is 1.49. The summed E-state index contributed by atoms with van der Waals surface area (Å²) in [6.45, 7) is 4.57. The minimum Gasteiger partial charge on any atom is -0.459 e. The van der Waals surface area contributed by atoms with Crippen LogP contribution in [0.4, 0.5) is 0 Å². The summed E-state index contributed by atoms with van der Waals surface area (Å²) in [5, 5.41) is 0. The molecule has 0 unspecified atom stereocenters. The third-order valence-electron chi connectivity index (χ3n) is 5.30. The second kappa shape index (κ2) is 7.20. The van der Waals surface area contributed by atoms with Crippen LogP contribution in [0.15, 0.2) is 29.2 Å². The largest absolute Gasteiger partial charge is 0.459 e. The lowest BCUT2D eigenvalue weighted by Gasteiger charge is -2.20. The average molecular weight is 388 g/mol. The molecule has 1 aliphatic carbocycles. The van der Waals surface area contributed by atoms with Gasteiger partial charge in [-0.2, -0.15) is 4.31 Å². The Morgan fingerprint density at radius 1 is 1.04 bits per heavy atom. The Kier molecular flexibility index (Phi) is 4.90. The maximum absolute atomic E-state index is 13.1. The van der Waals surface area contributed by atoms with E-state index in [2.05, 4.69) is 9.97 Å². The first-order valence-corrected chi connectivity index (χ1v) is 11.0. The van der Waals surface area contributed by atoms with E-state index < -0.39 is 10.0 Å². The van der Waals surface area contributed by atoms with Gasteiger partial charge in [0.2, 0.25) is 10.0 Å². The van der Waals surface area contributed by atoms with E-state index in [1.165, 1.54) is 21.9 Å². The summed E-state index contributed by atoms with van der Waals surface area (Å²) in [6.07, 6.45) is 4.75. The van der Waals surface area contributed by atoms with Crippen LogP contribution in [0.2, 0.25) is 0 Å². The Bertz CT molecular complexity index is 939. The number of hydrogen-bond acceptors (Lipinski definition) is 5. The van der Waals surface area contributed by atoms with Crippen LogP contribution in [0.1, 0.15) is 41.8 Å². The maximum atomic E-state index is 13.1. The molecular weight excluding hydrogens is 362 g/mol. The van der Waals surface area contributed by atoms with Gasteiger partial charge in [0, 0.05) is 17.9 Å². The predicted octanol–water partition coefficient (Wildman–Crippen LogP) is 2.81. The Morgan fingerprint density at radius 3 is 2.48 bits per heavy atom. The lowest BCUT2D eigenvalue weighted by atomic mass is 9.92. The molecule has 4 rings (SSSR count). The second-order valence-corrected chi connectivity index (χ2v) is 9.40. The van der Waals surface area contributed by atoms with Crippen molar-refractivity contribution in [3.63, 3.8) is 0 Å². The van der Waals surface area contributed by atoms with Crippen molar-refractivity contribution in [3.05, 3.63) is 46.8 Å². The third-order valence-corrected chi connectivity index (χ3v) is 7.16. The Hall–Kier alpha value is -1.99. The minimum atomic E-state index is -3.50. The van der Waals surface area contributed by atoms with E-state index in [1.54, 1.807) is 6.07 Å². The first-order chi connectivity index (χ1) is 12.9. The van der Waals surface area contributed by atoms with Gasteiger partial charge in [-0.15, -0.1) is 0 Å². The van der Waals surface area contributed by atoms with E-state index in [1.807, 2.05) is 32.0 Å². The van der Waals surface area contributed by atoms with Gasteiger partial charge >= 0.3 is 6.01 Å². The van der Waals surface area contributed by atoms with E-state index in [4.69, 9.17) is 4.74 Å². The molecule has 1 fully saturated rings. The van der Waals surface area contributed by atoms with E-state index in [-0.39, 0.29) is 6.10 Å². The number of benzene rings is 1. The number of aryl methyl sites for hydroxylation is 4. The molecule has 2 aliphatic rings. The standard InChI is InChI=1S/C20H25N3O3S/c1-14-11-15(2)22-20(21-14)26-18-9-10-23(13-18)27(24,25)19-8-7-16-5-3-4-6-17(16)12-19/h7-8,11-12,18H,3-6,9-10,13H2,1-2H3/t18-/m1/s1. The first kappa shape index (κ1) is 18.4. The highest BCUT2D eigenvalue weighted by atomic mass is 32.2. The zero-order valence-electron chi connectivity index (χ0n) is 15.8. The van der Waals surface area contributed by atoms with Crippen LogP contribution in [0.5, 0.6) is 6.01 Å². The van der Waals surface area contributed by atoms with Gasteiger partial charge in [-0.3, -0.25) is 0 Å². The quantitative estimate of drug-likeness (QED) is 0.807. The van der Waals surface area contributed by atoms with Crippen molar-refractivity contribution >= 4 is 10.0 Å². The molecular formula is C20H25N3O3S. The molecule has 1 aromatic heterocycles. The molecule has 2 heterocycles. The number of rotatable bonds is 4. The highest BCUT2D eigenvalue weighted by molar-refractivity contribution is 7.89. The summed E-state index contributed by atoms with van der Waals surface area (Å²) < 4.78 is 33.5. The van der Waals surface area contributed by atoms with E-state index in [0.717, 1.165) is 30.7 Å². The molecule has 7 heteroatoms. The molecule has 144 valence electrons. The summed E-state index contributed by atoms with van der Waals surface area (Å²) in [4.78, 5) is 8.97. The molecule has 0 bridgehead atoms. The van der Waals surface area contributed by atoms with Gasteiger partial charge in [-0.1, -0.05) is 6.07 Å². The van der Waals surface area contributed by atoms with Crippen molar-refractivity contribution < 1.29 is 13.2 Å². The van der Waals surface area contributed by atoms with Crippen molar-refractivity contribution in [2.45, 2.75) is 57.0 Å². The van der Waals surface area contributed by atoms with Crippen LogP contribution >= 0.6 is 0 Å². The summed E-state index contributed by atoms with van der Waals surface area (Å²) in [6, 6.07) is 7.81. The van der Waals surface area contributed by atoms with E-state index >= 15 is 0 Å². The number of aromatic nitrogens is 2. The Morgan fingerprint density at radius 2 is 1.74 bits per heavy atom. The topological polar surface area (TPSA) is 72.4 Å². The molecule has 1 aliphatic heterocycles. The molecule has 1 atom stereocenters. The molecule has 0 radical (unpaired) electrons. The van der Waals surface area contributed by atoms with Crippen molar-refractivity contribution in [2.24, 2.45) is 0 Å². The van der Waals surface area contributed by atoms with Gasteiger partial charge in [-0.25, -0.2) is 18.4 Å². The van der Waals surface area contributed by atoms with Crippen molar-refractivity contribution in [1.82, 2.24) is 14.3 Å². The van der Waals surface area contributed by atoms with Gasteiger partial charge in [0.15, 0.2) is 0 Å². The number of hydrogen-bond donors (Lipinski definition) is 0. The summed E-state index contributed by atoms with van der Waals surface area (Å²) >= 11 is 0. The molecule has 0 amide bonds. The fraction of sp³-hybridized carbons (Fsp3) is 0.500. The van der Waals surface area contributed by atoms with Crippen molar-refractivity contribution in [3.8, 4) is 6.01 Å². The molecule has 6 nitrogen and oxygen atoms in total. The van der Waals surface area contributed by atoms with Gasteiger partial charge < -0.3 is 4.74 Å². The van der Waals surface area contributed by atoms with E-state index in [0.29, 0.717) is 30.4 Å². The van der Waals surface area contributed by atoms with Gasteiger partial charge in [0.05, 0.1) is 11.4 Å². The smallest absolute Gasteiger partial charge is 0.317 e. The molecule has 1 saturated heterocycles. The zero-order valence-corrected chi connectivity index (χ0v) is 16.6. The molecule has 0 N–H and O–H groups in total. The Labute approximate surface area is 160 Å². The maximum Gasteiger partial charge on any atom is 0.317 e. The van der Waals surface area contributed by atoms with Crippen LogP contribution in [0.3, 0.4) is 0 Å².